The molecule has 0 radical (unpaired) electrons. The molecule has 5 heteroatoms. The Balaban J connectivity index is 2.39. The van der Waals surface area contributed by atoms with Gasteiger partial charge in [0.05, 0.1) is 19.3 Å². The second-order valence-electron chi connectivity index (χ2n) is 4.11. The Hall–Kier alpha value is -2.56. The van der Waals surface area contributed by atoms with Gasteiger partial charge in [0.2, 0.25) is 5.88 Å². The van der Waals surface area contributed by atoms with Crippen LogP contribution in [-0.4, -0.2) is 24.7 Å². The van der Waals surface area contributed by atoms with Crippen molar-refractivity contribution >= 4 is 11.7 Å². The van der Waals surface area contributed by atoms with E-state index in [9.17, 15) is 4.79 Å². The number of carbonyl (C=O) groups excluding carboxylic acids is 1. The van der Waals surface area contributed by atoms with Crippen molar-refractivity contribution in [2.24, 2.45) is 0 Å². The third-order valence-electron chi connectivity index (χ3n) is 2.82. The second-order valence-corrected chi connectivity index (χ2v) is 4.11. The summed E-state index contributed by atoms with van der Waals surface area (Å²) in [5.74, 6) is 0.157. The number of ether oxygens (including phenoxy) is 2. The lowest BCUT2D eigenvalue weighted by Crippen LogP contribution is -2.05. The first-order chi connectivity index (χ1) is 9.65. The molecule has 0 aliphatic rings. The number of nitrogen functional groups attached to an aromatic ring is 1. The van der Waals surface area contributed by atoms with Crippen molar-refractivity contribution in [2.75, 3.05) is 19.5 Å². The monoisotopic (exact) mass is 272 g/mol. The first-order valence-corrected chi connectivity index (χ1v) is 6.22. The molecule has 0 aliphatic heterocycles. The molecule has 20 heavy (non-hydrogen) atoms. The highest BCUT2D eigenvalue weighted by atomic mass is 16.5. The van der Waals surface area contributed by atoms with E-state index in [0.29, 0.717) is 23.7 Å². The summed E-state index contributed by atoms with van der Waals surface area (Å²) in [6.07, 6.45) is 1.65. The van der Waals surface area contributed by atoms with Crippen molar-refractivity contribution in [3.8, 4) is 17.0 Å². The van der Waals surface area contributed by atoms with E-state index >= 15 is 0 Å². The van der Waals surface area contributed by atoms with E-state index in [1.807, 2.05) is 6.07 Å². The van der Waals surface area contributed by atoms with Crippen LogP contribution in [0.1, 0.15) is 17.3 Å². The van der Waals surface area contributed by atoms with Gasteiger partial charge >= 0.3 is 5.97 Å². The summed E-state index contributed by atoms with van der Waals surface area (Å²) in [6.45, 7) is 2.10. The maximum atomic E-state index is 11.7. The Labute approximate surface area is 117 Å². The van der Waals surface area contributed by atoms with E-state index in [1.54, 1.807) is 44.5 Å². The van der Waals surface area contributed by atoms with Gasteiger partial charge in [-0.05, 0) is 31.2 Å². The highest BCUT2D eigenvalue weighted by Crippen LogP contribution is 2.27. The third-order valence-corrected chi connectivity index (χ3v) is 2.82. The number of benzene rings is 1. The van der Waals surface area contributed by atoms with Gasteiger partial charge in [0.15, 0.2) is 0 Å². The predicted octanol–water partition coefficient (Wildman–Crippen LogP) is 2.52. The molecule has 0 spiro atoms. The molecule has 0 aliphatic carbocycles. The van der Waals surface area contributed by atoms with E-state index in [4.69, 9.17) is 15.2 Å². The van der Waals surface area contributed by atoms with Crippen LogP contribution in [0.3, 0.4) is 0 Å². The van der Waals surface area contributed by atoms with E-state index < -0.39 is 0 Å². The predicted molar refractivity (Wildman–Crippen MR) is 76.6 cm³/mol. The Bertz CT molecular complexity index is 609. The summed E-state index contributed by atoms with van der Waals surface area (Å²) < 4.78 is 9.99. The van der Waals surface area contributed by atoms with E-state index in [2.05, 4.69) is 4.98 Å². The molecule has 2 aromatic rings. The van der Waals surface area contributed by atoms with Crippen LogP contribution in [-0.2, 0) is 4.74 Å². The van der Waals surface area contributed by atoms with E-state index in [-0.39, 0.29) is 5.97 Å². The summed E-state index contributed by atoms with van der Waals surface area (Å²) in [5, 5.41) is 0. The fourth-order valence-electron chi connectivity index (χ4n) is 1.81. The van der Waals surface area contributed by atoms with Crippen LogP contribution >= 0.6 is 0 Å². The van der Waals surface area contributed by atoms with Gasteiger partial charge < -0.3 is 15.2 Å². The molecule has 2 rings (SSSR count). The number of methoxy groups -OCH3 is 1. The summed E-state index contributed by atoms with van der Waals surface area (Å²) >= 11 is 0. The van der Waals surface area contributed by atoms with Crippen molar-refractivity contribution in [1.29, 1.82) is 0 Å². The summed E-state index contributed by atoms with van der Waals surface area (Å²) in [5.41, 5.74) is 8.55. The number of nitrogens with two attached hydrogens (primary N) is 1. The number of hydrogen-bond donors (Lipinski definition) is 1. The molecule has 5 nitrogen and oxygen atoms in total. The molecule has 0 unspecified atom stereocenters. The first-order valence-electron chi connectivity index (χ1n) is 6.22. The molecule has 0 amide bonds. The van der Waals surface area contributed by atoms with Crippen LogP contribution in [0.4, 0.5) is 5.69 Å². The molecule has 1 aromatic carbocycles. The minimum Gasteiger partial charge on any atom is -0.481 e. The maximum Gasteiger partial charge on any atom is 0.338 e. The third kappa shape index (κ3) is 2.88. The van der Waals surface area contributed by atoms with Gasteiger partial charge in [-0.2, -0.15) is 0 Å². The Kier molecular flexibility index (Phi) is 4.20. The largest absolute Gasteiger partial charge is 0.481 e. The zero-order chi connectivity index (χ0) is 14.5. The first kappa shape index (κ1) is 13.9. The van der Waals surface area contributed by atoms with Crippen molar-refractivity contribution in [3.63, 3.8) is 0 Å². The SMILES string of the molecule is CCOC(=O)c1ccc(N)c(-c2ccc(OC)nc2)c1. The highest BCUT2D eigenvalue weighted by Gasteiger charge is 2.11. The molecule has 1 aromatic heterocycles. The van der Waals surface area contributed by atoms with Crippen LogP contribution in [0.5, 0.6) is 5.88 Å². The lowest BCUT2D eigenvalue weighted by molar-refractivity contribution is 0.0526. The van der Waals surface area contributed by atoms with Crippen LogP contribution in [0, 0.1) is 0 Å². The second kappa shape index (κ2) is 6.06. The number of nitrogens with zero attached hydrogens (tertiary/aromatic N) is 1. The van der Waals surface area contributed by atoms with E-state index in [0.717, 1.165) is 11.1 Å². The topological polar surface area (TPSA) is 74.4 Å². The summed E-state index contributed by atoms with van der Waals surface area (Å²) in [6, 6.07) is 8.62. The van der Waals surface area contributed by atoms with Crippen LogP contribution < -0.4 is 10.5 Å². The summed E-state index contributed by atoms with van der Waals surface area (Å²) in [7, 11) is 1.55. The molecule has 0 saturated heterocycles. The smallest absolute Gasteiger partial charge is 0.338 e. The number of hydrogen-bond acceptors (Lipinski definition) is 5. The minimum atomic E-state index is -0.366. The average Bonchev–Trinajstić information content (AvgIpc) is 2.48. The van der Waals surface area contributed by atoms with Gasteiger partial charge in [-0.25, -0.2) is 9.78 Å². The van der Waals surface area contributed by atoms with Gasteiger partial charge in [0.25, 0.3) is 0 Å². The standard InChI is InChI=1S/C15H16N2O3/c1-3-20-15(18)10-4-6-13(16)12(8-10)11-5-7-14(19-2)17-9-11/h4-9H,3,16H2,1-2H3. The fraction of sp³-hybridized carbons (Fsp3) is 0.200. The number of rotatable bonds is 4. The van der Waals surface area contributed by atoms with Gasteiger partial charge in [0.1, 0.15) is 0 Å². The quantitative estimate of drug-likeness (QED) is 0.683. The molecule has 104 valence electrons. The van der Waals surface area contributed by atoms with Gasteiger partial charge in [-0.3, -0.25) is 0 Å². The molecule has 0 fully saturated rings. The molecular weight excluding hydrogens is 256 g/mol. The number of aromatic nitrogens is 1. The minimum absolute atomic E-state index is 0.336. The van der Waals surface area contributed by atoms with Crippen molar-refractivity contribution in [1.82, 2.24) is 4.98 Å². The zero-order valence-corrected chi connectivity index (χ0v) is 11.4. The van der Waals surface area contributed by atoms with Crippen LogP contribution in [0.2, 0.25) is 0 Å². The lowest BCUT2D eigenvalue weighted by atomic mass is 10.0. The normalized spacial score (nSPS) is 10.1. The van der Waals surface area contributed by atoms with Gasteiger partial charge in [-0.15, -0.1) is 0 Å². The van der Waals surface area contributed by atoms with Crippen LogP contribution in [0.15, 0.2) is 36.5 Å². The van der Waals surface area contributed by atoms with Crippen LogP contribution in [0.25, 0.3) is 11.1 Å². The van der Waals surface area contributed by atoms with E-state index in [1.165, 1.54) is 0 Å². The van der Waals surface area contributed by atoms with Crippen molar-refractivity contribution in [3.05, 3.63) is 42.1 Å². The lowest BCUT2D eigenvalue weighted by Gasteiger charge is -2.09. The highest BCUT2D eigenvalue weighted by molar-refractivity contribution is 5.93. The molecule has 0 atom stereocenters. The zero-order valence-electron chi connectivity index (χ0n) is 11.4. The van der Waals surface area contributed by atoms with Crippen molar-refractivity contribution < 1.29 is 14.3 Å². The Morgan fingerprint density at radius 1 is 1.30 bits per heavy atom. The number of pyridine rings is 1. The summed E-state index contributed by atoms with van der Waals surface area (Å²) in [4.78, 5) is 15.9. The Morgan fingerprint density at radius 3 is 2.70 bits per heavy atom. The molecule has 0 saturated carbocycles. The average molecular weight is 272 g/mol. The number of carbonyl (C=O) groups is 1. The molecule has 0 bridgehead atoms. The molecule has 2 N–H and O–H groups in total. The maximum absolute atomic E-state index is 11.7. The van der Waals surface area contributed by atoms with Gasteiger partial charge in [-0.1, -0.05) is 0 Å². The Morgan fingerprint density at radius 2 is 2.10 bits per heavy atom. The number of anilines is 1. The molecule has 1 heterocycles. The number of esters is 1. The molecular formula is C15H16N2O3. The fourth-order valence-corrected chi connectivity index (χ4v) is 1.81. The van der Waals surface area contributed by atoms with Crippen molar-refractivity contribution in [2.45, 2.75) is 6.92 Å². The van der Waals surface area contributed by atoms with Gasteiger partial charge in [0, 0.05) is 29.1 Å².